The van der Waals surface area contributed by atoms with E-state index >= 15 is 0 Å². The van der Waals surface area contributed by atoms with Crippen LogP contribution in [-0.4, -0.2) is 174 Å². The summed E-state index contributed by atoms with van der Waals surface area (Å²) >= 11 is 0. The number of imide groups is 1. The van der Waals surface area contributed by atoms with E-state index in [4.69, 9.17) is 23.7 Å². The number of carbonyl (C=O) groups excluding carboxylic acids is 10. The molecular formula is C68H88F2N8O17. The van der Waals surface area contributed by atoms with Crippen LogP contribution in [-0.2, 0) is 83.4 Å². The summed E-state index contributed by atoms with van der Waals surface area (Å²) in [5, 5.41) is 18.0. The molecule has 4 N–H and O–H groups in total. The Labute approximate surface area is 550 Å². The summed E-state index contributed by atoms with van der Waals surface area (Å²) in [6, 6.07) is 4.65. The van der Waals surface area contributed by atoms with Gasteiger partial charge in [-0.3, -0.25) is 38.7 Å². The molecule has 6 heterocycles. The summed E-state index contributed by atoms with van der Waals surface area (Å²) in [6.45, 7) is 13.0. The second-order valence-corrected chi connectivity index (χ2v) is 27.7. The zero-order valence-corrected chi connectivity index (χ0v) is 55.2. The van der Waals surface area contributed by atoms with Crippen LogP contribution in [0.5, 0.6) is 0 Å². The summed E-state index contributed by atoms with van der Waals surface area (Å²) in [5.74, 6) is -6.95. The normalized spacial score (nSPS) is 28.4. The minimum absolute atomic E-state index is 0.00444. The highest BCUT2D eigenvalue weighted by Crippen LogP contribution is 2.52. The first-order valence-corrected chi connectivity index (χ1v) is 32.9. The number of halogens is 2. The lowest BCUT2D eigenvalue weighted by molar-refractivity contribution is -0.165. The highest BCUT2D eigenvalue weighted by Gasteiger charge is 2.68. The number of nitrogens with one attached hydrogen (secondary N) is 3. The molecule has 9 amide bonds. The number of ether oxygens (including phenoxy) is 5. The van der Waals surface area contributed by atoms with Gasteiger partial charge in [0.05, 0.1) is 32.8 Å². The molecule has 0 radical (unpaired) electrons. The number of allylic oxidation sites excluding steroid dienone is 2. The van der Waals surface area contributed by atoms with Gasteiger partial charge in [-0.05, 0) is 123 Å². The van der Waals surface area contributed by atoms with Gasteiger partial charge in [0.2, 0.25) is 23.6 Å². The molecule has 27 heteroatoms. The Kier molecular flexibility index (Phi) is 21.7. The van der Waals surface area contributed by atoms with Gasteiger partial charge >= 0.3 is 36.3 Å². The predicted octanol–water partition coefficient (Wildman–Crippen LogP) is 7.98. The number of aliphatic carboxylic acids is 1. The summed E-state index contributed by atoms with van der Waals surface area (Å²) in [4.78, 5) is 154. The third-order valence-corrected chi connectivity index (χ3v) is 18.3. The first-order valence-electron chi connectivity index (χ1n) is 32.9. The Morgan fingerprint density at radius 2 is 1.11 bits per heavy atom. The van der Waals surface area contributed by atoms with Crippen molar-refractivity contribution in [3.8, 4) is 0 Å². The average Bonchev–Trinajstić information content (AvgIpc) is 1.56. The summed E-state index contributed by atoms with van der Waals surface area (Å²) < 4.78 is 56.5. The first-order chi connectivity index (χ1) is 44.9. The molecule has 0 unspecified atom stereocenters. The van der Waals surface area contributed by atoms with E-state index in [1.807, 2.05) is 24.3 Å². The van der Waals surface area contributed by atoms with Crippen LogP contribution in [0.3, 0.4) is 0 Å². The average molecular weight is 1330 g/mol. The first kappa shape index (κ1) is 70.7. The molecule has 0 bridgehead atoms. The molecular weight excluding hydrogens is 1240 g/mol. The Morgan fingerprint density at radius 1 is 0.632 bits per heavy atom. The van der Waals surface area contributed by atoms with Crippen LogP contribution < -0.4 is 16.0 Å². The van der Waals surface area contributed by atoms with Crippen molar-refractivity contribution >= 4 is 65.8 Å². The fraction of sp³-hybridized carbons (Fsp3) is 0.603. The lowest BCUT2D eigenvalue weighted by Crippen LogP contribution is -2.59. The lowest BCUT2D eigenvalue weighted by atomic mass is 10.0. The highest BCUT2D eigenvalue weighted by molar-refractivity contribution is 6.06. The van der Waals surface area contributed by atoms with Crippen molar-refractivity contribution < 1.29 is 90.3 Å². The van der Waals surface area contributed by atoms with E-state index in [-0.39, 0.29) is 90.3 Å². The standard InChI is InChI=1S/C36H47FN4O9.C32H41FN4O8/c1-6-48-32(45)36-18-24(36)14-10-8-7-9-11-16-28(38-33(46)50-35(3,4)5)30(43)40-20-25(17-29(40)31(44)41(36)22(2)42)49-34(47)39-19-23-13-12-15-27(37)26(23)21-39;1-31(2,3)45-29(42)34-24-13-8-6-4-5-7-11-20-15-32(20,28(40)41)35-26(38)25-14-21(17-37(25)27(24)39)44-30(43)36-16-19-10-9-12-23(33)22(19)18-36/h10,12-15,24-25,28-29H,6-9,11,16-21H2,1-5H3,(H,38,46);7,9-12,20-21,24-25H,4-6,8,13-18H2,1-3H3,(H,34,42)(H,35,38)(H,40,41)/b14-10-;11-7-/t24-,25-,28+,29+,36-;20-,21-,24+,25+,32-/m11/s1. The Balaban J connectivity index is 0.000000225. The predicted molar refractivity (Wildman–Crippen MR) is 334 cm³/mol. The van der Waals surface area contributed by atoms with Crippen LogP contribution >= 0.6 is 0 Å². The third-order valence-electron chi connectivity index (χ3n) is 18.3. The van der Waals surface area contributed by atoms with E-state index in [9.17, 15) is 66.6 Å². The molecule has 2 aromatic rings. The number of carbonyl (C=O) groups is 11. The molecule has 2 saturated carbocycles. The van der Waals surface area contributed by atoms with Gasteiger partial charge in [-0.15, -0.1) is 0 Å². The lowest BCUT2D eigenvalue weighted by Gasteiger charge is -2.34. The number of hydrogen-bond donors (Lipinski definition) is 4. The largest absolute Gasteiger partial charge is 0.479 e. The molecule has 25 nitrogen and oxygen atoms in total. The zero-order valence-electron chi connectivity index (χ0n) is 55.2. The maximum absolute atomic E-state index is 14.6. The molecule has 95 heavy (non-hydrogen) atoms. The molecule has 4 fully saturated rings. The minimum atomic E-state index is -1.58. The van der Waals surface area contributed by atoms with Crippen molar-refractivity contribution in [1.82, 2.24) is 40.4 Å². The number of amides is 9. The van der Waals surface area contributed by atoms with E-state index in [1.165, 1.54) is 38.7 Å². The van der Waals surface area contributed by atoms with Gasteiger partial charge < -0.3 is 54.5 Å². The van der Waals surface area contributed by atoms with Gasteiger partial charge in [-0.1, -0.05) is 74.3 Å². The van der Waals surface area contributed by atoms with Crippen molar-refractivity contribution in [3.05, 3.63) is 94.6 Å². The van der Waals surface area contributed by atoms with Gasteiger partial charge in [-0.25, -0.2) is 37.5 Å². The quantitative estimate of drug-likeness (QED) is 0.116. The minimum Gasteiger partial charge on any atom is -0.479 e. The van der Waals surface area contributed by atoms with E-state index in [0.29, 0.717) is 41.5 Å². The molecule has 10 rings (SSSR count). The Morgan fingerprint density at radius 3 is 1.56 bits per heavy atom. The van der Waals surface area contributed by atoms with Crippen molar-refractivity contribution in [2.24, 2.45) is 11.8 Å². The van der Waals surface area contributed by atoms with E-state index in [0.717, 1.165) is 37.0 Å². The van der Waals surface area contributed by atoms with Gasteiger partial charge in [0, 0.05) is 55.8 Å². The smallest absolute Gasteiger partial charge is 0.410 e. The second kappa shape index (κ2) is 29.1. The van der Waals surface area contributed by atoms with Crippen LogP contribution in [0, 0.1) is 23.5 Å². The molecule has 6 aliphatic heterocycles. The third kappa shape index (κ3) is 16.5. The SMILES string of the molecule is CC(C)(C)OC(=O)N[C@H]1CCCCC/C=C\[C@@H]2C[C@@]2(C(=O)O)NC(=O)[C@@H]2C[C@@H](OC(=O)N3Cc4cccc(F)c4C3)CN2C1=O.CCOC(=O)[C@@]12C[C@H]1/C=C\CCCCC[C@H](NC(=O)OC(C)(C)C)C(=O)N1C[C@H](OC(=O)N3Cc4cccc(F)c4C3)C[C@H]1C(=O)N2C(C)=O. The van der Waals surface area contributed by atoms with Crippen LogP contribution in [0.1, 0.15) is 168 Å². The number of nitrogens with zero attached hydrogens (tertiary/aromatic N) is 5. The number of carboxylic acid groups (broad SMARTS) is 1. The summed E-state index contributed by atoms with van der Waals surface area (Å²) in [7, 11) is 0. The Bertz CT molecular complexity index is 3390. The molecule has 2 aliphatic carbocycles. The fourth-order valence-corrected chi connectivity index (χ4v) is 13.5. The summed E-state index contributed by atoms with van der Waals surface area (Å²) in [6.07, 6.45) is 8.87. The molecule has 0 aromatic heterocycles. The van der Waals surface area contributed by atoms with E-state index < -0.39 is 142 Å². The van der Waals surface area contributed by atoms with Crippen LogP contribution in [0.15, 0.2) is 60.7 Å². The second-order valence-electron chi connectivity index (χ2n) is 27.7. The zero-order chi connectivity index (χ0) is 68.9. The number of carboxylic acids is 1. The molecule has 516 valence electrons. The van der Waals surface area contributed by atoms with Gasteiger partial charge in [0.15, 0.2) is 5.54 Å². The number of esters is 1. The van der Waals surface area contributed by atoms with Crippen molar-refractivity contribution in [2.45, 2.75) is 230 Å². The van der Waals surface area contributed by atoms with Crippen molar-refractivity contribution in [3.63, 3.8) is 0 Å². The number of benzene rings is 2. The molecule has 2 aromatic carbocycles. The van der Waals surface area contributed by atoms with Gasteiger partial charge in [0.1, 0.15) is 64.8 Å². The molecule has 2 saturated heterocycles. The van der Waals surface area contributed by atoms with Gasteiger partial charge in [-0.2, -0.15) is 0 Å². The van der Waals surface area contributed by atoms with E-state index in [2.05, 4.69) is 16.0 Å². The van der Waals surface area contributed by atoms with E-state index in [1.54, 1.807) is 72.7 Å². The maximum Gasteiger partial charge on any atom is 0.410 e. The molecule has 0 spiro atoms. The fourth-order valence-electron chi connectivity index (χ4n) is 13.5. The molecule has 10 atom stereocenters. The monoisotopic (exact) mass is 1330 g/mol. The Hall–Kier alpha value is -8.65. The summed E-state index contributed by atoms with van der Waals surface area (Å²) in [5.41, 5.74) is -2.60. The maximum atomic E-state index is 14.6. The van der Waals surface area contributed by atoms with Crippen LogP contribution in [0.2, 0.25) is 0 Å². The molecule has 8 aliphatic rings. The van der Waals surface area contributed by atoms with Crippen LogP contribution in [0.25, 0.3) is 0 Å². The van der Waals surface area contributed by atoms with Crippen LogP contribution in [0.4, 0.5) is 28.0 Å². The topological polar surface area (TPSA) is 306 Å². The highest BCUT2D eigenvalue weighted by atomic mass is 19.1. The van der Waals surface area contributed by atoms with Crippen molar-refractivity contribution in [2.75, 3.05) is 19.7 Å². The number of rotatable bonds is 7. The number of alkyl carbamates (subject to hydrolysis) is 2. The number of hydrogen-bond acceptors (Lipinski definition) is 16. The number of fused-ring (bicyclic) bond motifs is 6. The van der Waals surface area contributed by atoms with Gasteiger partial charge in [0.25, 0.3) is 5.91 Å². The van der Waals surface area contributed by atoms with Crippen molar-refractivity contribution in [1.29, 1.82) is 0 Å².